The molecule has 0 rings (SSSR count). The highest BCUT2D eigenvalue weighted by molar-refractivity contribution is 4.46. The van der Waals surface area contributed by atoms with E-state index in [9.17, 15) is 4.91 Å². The molecule has 36 valence electrons. The molecule has 0 aliphatic carbocycles. The van der Waals surface area contributed by atoms with E-state index in [0.717, 1.165) is 0 Å². The first-order valence-corrected chi connectivity index (χ1v) is 1.74. The van der Waals surface area contributed by atoms with Gasteiger partial charge in [-0.25, -0.2) is 0 Å². The average molecular weight is 89.1 g/mol. The molecular formula is C3H7NO2. The van der Waals surface area contributed by atoms with E-state index in [1.165, 1.54) is 6.92 Å². The van der Waals surface area contributed by atoms with Crippen molar-refractivity contribution in [1.29, 1.82) is 0 Å². The molecule has 1 atom stereocenters. The minimum atomic E-state index is -0.581. The van der Waals surface area contributed by atoms with Crippen molar-refractivity contribution < 1.29 is 5.11 Å². The SMILES string of the molecule is CC(O)CN=O. The first-order chi connectivity index (χ1) is 2.77. The Hall–Kier alpha value is -0.440. The minimum Gasteiger partial charge on any atom is -0.391 e. The maximum atomic E-state index is 9.21. The van der Waals surface area contributed by atoms with Crippen LogP contribution < -0.4 is 0 Å². The highest BCUT2D eigenvalue weighted by atomic mass is 16.3. The van der Waals surface area contributed by atoms with Gasteiger partial charge in [0.05, 0.1) is 6.10 Å². The summed E-state index contributed by atoms with van der Waals surface area (Å²) < 4.78 is 0. The monoisotopic (exact) mass is 89.0 g/mol. The van der Waals surface area contributed by atoms with E-state index in [0.29, 0.717) is 0 Å². The van der Waals surface area contributed by atoms with Crippen LogP contribution in [0.5, 0.6) is 0 Å². The van der Waals surface area contributed by atoms with E-state index in [-0.39, 0.29) is 6.54 Å². The zero-order chi connectivity index (χ0) is 4.99. The molecule has 0 fully saturated rings. The smallest absolute Gasteiger partial charge is 0.107 e. The van der Waals surface area contributed by atoms with Crippen LogP contribution in [0.25, 0.3) is 0 Å². The number of aliphatic hydroxyl groups is 1. The van der Waals surface area contributed by atoms with Crippen LogP contribution in [0, 0.1) is 4.91 Å². The summed E-state index contributed by atoms with van der Waals surface area (Å²) in [6, 6.07) is 0. The molecule has 0 aliphatic heterocycles. The van der Waals surface area contributed by atoms with Gasteiger partial charge in [-0.2, -0.15) is 4.91 Å². The van der Waals surface area contributed by atoms with Crippen LogP contribution >= 0.6 is 0 Å². The average Bonchev–Trinajstić information content (AvgIpc) is 1.35. The van der Waals surface area contributed by atoms with Crippen LogP contribution in [0.15, 0.2) is 5.18 Å². The Labute approximate surface area is 36.0 Å². The van der Waals surface area contributed by atoms with Gasteiger partial charge < -0.3 is 5.11 Å². The van der Waals surface area contributed by atoms with Crippen molar-refractivity contribution in [1.82, 2.24) is 0 Å². The molecule has 0 saturated heterocycles. The summed E-state index contributed by atoms with van der Waals surface area (Å²) in [6.07, 6.45) is -0.581. The van der Waals surface area contributed by atoms with Crippen molar-refractivity contribution in [2.75, 3.05) is 6.54 Å². The van der Waals surface area contributed by atoms with Crippen molar-refractivity contribution in [2.24, 2.45) is 5.18 Å². The van der Waals surface area contributed by atoms with Crippen LogP contribution in [-0.2, 0) is 0 Å². The number of nitroso groups, excluding NO2 is 1. The molecule has 0 spiro atoms. The Bertz CT molecular complexity index is 44.1. The molecule has 6 heavy (non-hydrogen) atoms. The van der Waals surface area contributed by atoms with Crippen LogP contribution in [-0.4, -0.2) is 17.8 Å². The Morgan fingerprint density at radius 1 is 2.00 bits per heavy atom. The Balaban J connectivity index is 2.81. The lowest BCUT2D eigenvalue weighted by Crippen LogP contribution is -2.01. The van der Waals surface area contributed by atoms with Crippen molar-refractivity contribution in [2.45, 2.75) is 13.0 Å². The predicted molar refractivity (Wildman–Crippen MR) is 22.3 cm³/mol. The summed E-state index contributed by atoms with van der Waals surface area (Å²) in [5.41, 5.74) is 0. The maximum Gasteiger partial charge on any atom is 0.107 e. The number of rotatable bonds is 2. The summed E-state index contributed by atoms with van der Waals surface area (Å²) in [5.74, 6) is 0. The largest absolute Gasteiger partial charge is 0.391 e. The summed E-state index contributed by atoms with van der Waals surface area (Å²) in [5, 5.41) is 10.7. The maximum absolute atomic E-state index is 9.21. The standard InChI is InChI=1S/C3H7NO2/c1-3(5)2-4-6/h3,5H,2H2,1H3. The van der Waals surface area contributed by atoms with Crippen molar-refractivity contribution in [3.05, 3.63) is 4.91 Å². The first-order valence-electron chi connectivity index (χ1n) is 1.74. The molecule has 0 aromatic heterocycles. The molecule has 0 heterocycles. The van der Waals surface area contributed by atoms with Gasteiger partial charge in [0, 0.05) is 0 Å². The van der Waals surface area contributed by atoms with Crippen LogP contribution in [0.2, 0.25) is 0 Å². The molecular weight excluding hydrogens is 82.0 g/mol. The van der Waals surface area contributed by atoms with Crippen LogP contribution in [0.1, 0.15) is 6.92 Å². The number of aliphatic hydroxyl groups excluding tert-OH is 1. The zero-order valence-corrected chi connectivity index (χ0v) is 3.59. The third-order valence-electron chi connectivity index (χ3n) is 0.339. The van der Waals surface area contributed by atoms with Gasteiger partial charge in [0.25, 0.3) is 0 Å². The van der Waals surface area contributed by atoms with E-state index in [1.54, 1.807) is 0 Å². The van der Waals surface area contributed by atoms with Gasteiger partial charge in [0.2, 0.25) is 0 Å². The molecule has 0 aromatic carbocycles. The van der Waals surface area contributed by atoms with Crippen LogP contribution in [0.3, 0.4) is 0 Å². The second kappa shape index (κ2) is 2.78. The number of nitrogens with zero attached hydrogens (tertiary/aromatic N) is 1. The second-order valence-corrected chi connectivity index (χ2v) is 1.16. The summed E-state index contributed by atoms with van der Waals surface area (Å²) in [6.45, 7) is 1.52. The van der Waals surface area contributed by atoms with Gasteiger partial charge in [-0.1, -0.05) is 5.18 Å². The van der Waals surface area contributed by atoms with Gasteiger partial charge in [0.15, 0.2) is 0 Å². The van der Waals surface area contributed by atoms with Gasteiger partial charge >= 0.3 is 0 Å². The Kier molecular flexibility index (Phi) is 2.58. The topological polar surface area (TPSA) is 49.7 Å². The normalized spacial score (nSPS) is 13.7. The fraction of sp³-hybridized carbons (Fsp3) is 1.00. The van der Waals surface area contributed by atoms with Gasteiger partial charge in [0.1, 0.15) is 6.54 Å². The third-order valence-corrected chi connectivity index (χ3v) is 0.339. The number of hydrogen-bond acceptors (Lipinski definition) is 3. The minimum absolute atomic E-state index is 0. The Morgan fingerprint density at radius 2 is 2.50 bits per heavy atom. The number of hydrogen-bond donors (Lipinski definition) is 1. The molecule has 1 unspecified atom stereocenters. The molecule has 3 nitrogen and oxygen atoms in total. The van der Waals surface area contributed by atoms with Gasteiger partial charge in [-0.3, -0.25) is 0 Å². The summed E-state index contributed by atoms with van der Waals surface area (Å²) >= 11 is 0. The molecule has 0 amide bonds. The fourth-order valence-electron chi connectivity index (χ4n) is 0.108. The van der Waals surface area contributed by atoms with E-state index in [2.05, 4.69) is 5.18 Å². The summed E-state index contributed by atoms with van der Waals surface area (Å²) in [7, 11) is 0. The van der Waals surface area contributed by atoms with Crippen molar-refractivity contribution in [3.8, 4) is 0 Å². The van der Waals surface area contributed by atoms with E-state index >= 15 is 0 Å². The van der Waals surface area contributed by atoms with Crippen molar-refractivity contribution in [3.63, 3.8) is 0 Å². The predicted octanol–water partition coefficient (Wildman–Crippen LogP) is 0.134. The molecule has 0 radical (unpaired) electrons. The molecule has 0 bridgehead atoms. The van der Waals surface area contributed by atoms with E-state index in [4.69, 9.17) is 5.11 Å². The third kappa shape index (κ3) is 3.56. The van der Waals surface area contributed by atoms with Gasteiger partial charge in [-0.15, -0.1) is 0 Å². The molecule has 0 saturated carbocycles. The lowest BCUT2D eigenvalue weighted by atomic mass is 10.4. The molecule has 3 heteroatoms. The van der Waals surface area contributed by atoms with Gasteiger partial charge in [-0.05, 0) is 6.92 Å². The fourth-order valence-corrected chi connectivity index (χ4v) is 0.108. The quantitative estimate of drug-likeness (QED) is 0.489. The molecule has 1 N–H and O–H groups in total. The molecule has 0 aromatic rings. The second-order valence-electron chi connectivity index (χ2n) is 1.16. The first kappa shape index (κ1) is 5.56. The van der Waals surface area contributed by atoms with E-state index < -0.39 is 6.10 Å². The zero-order valence-electron chi connectivity index (χ0n) is 3.59. The van der Waals surface area contributed by atoms with Crippen LogP contribution in [0.4, 0.5) is 0 Å². The van der Waals surface area contributed by atoms with Crippen molar-refractivity contribution >= 4 is 0 Å². The Morgan fingerprint density at radius 3 is 2.50 bits per heavy atom. The summed E-state index contributed by atoms with van der Waals surface area (Å²) in [4.78, 5) is 9.21. The lowest BCUT2D eigenvalue weighted by molar-refractivity contribution is 0.203. The van der Waals surface area contributed by atoms with E-state index in [1.807, 2.05) is 0 Å². The highest BCUT2D eigenvalue weighted by Gasteiger charge is 1.88. The highest BCUT2D eigenvalue weighted by Crippen LogP contribution is 1.76. The lowest BCUT2D eigenvalue weighted by Gasteiger charge is -1.88. The molecule has 0 aliphatic rings.